The van der Waals surface area contributed by atoms with Gasteiger partial charge >= 0.3 is 0 Å². The summed E-state index contributed by atoms with van der Waals surface area (Å²) in [5.74, 6) is 0.927. The molecule has 0 unspecified atom stereocenters. The second-order valence-electron chi connectivity index (χ2n) is 6.21. The predicted molar refractivity (Wildman–Crippen MR) is 83.0 cm³/mol. The molecule has 110 valence electrons. The molecular formula is C16H24N2OS. The first-order valence-electron chi connectivity index (χ1n) is 7.79. The number of carbonyl (C=O) groups excluding carboxylic acids is 1. The molecule has 1 atom stereocenters. The van der Waals surface area contributed by atoms with E-state index >= 15 is 0 Å². The van der Waals surface area contributed by atoms with Gasteiger partial charge < -0.3 is 5.32 Å². The quantitative estimate of drug-likeness (QED) is 0.925. The molecule has 0 bridgehead atoms. The zero-order valence-electron chi connectivity index (χ0n) is 12.2. The number of nitrogens with zero attached hydrogens (tertiary/aromatic N) is 1. The van der Waals surface area contributed by atoms with E-state index in [1.165, 1.54) is 30.6 Å². The highest BCUT2D eigenvalue weighted by atomic mass is 32.1. The highest BCUT2D eigenvalue weighted by Gasteiger charge is 2.24. The first kappa shape index (κ1) is 14.1. The number of amides is 1. The summed E-state index contributed by atoms with van der Waals surface area (Å²) in [5, 5.41) is 3.03. The largest absolute Gasteiger partial charge is 0.352 e. The minimum Gasteiger partial charge on any atom is -0.352 e. The van der Waals surface area contributed by atoms with Crippen LogP contribution in [0, 0.1) is 0 Å². The van der Waals surface area contributed by atoms with Crippen LogP contribution in [0.1, 0.15) is 54.7 Å². The van der Waals surface area contributed by atoms with Crippen molar-refractivity contribution in [3.63, 3.8) is 0 Å². The third kappa shape index (κ3) is 3.41. The Balaban J connectivity index is 1.52. The molecule has 2 heterocycles. The lowest BCUT2D eigenvalue weighted by Gasteiger charge is -2.15. The van der Waals surface area contributed by atoms with Gasteiger partial charge in [-0.15, -0.1) is 11.3 Å². The van der Waals surface area contributed by atoms with Gasteiger partial charge in [-0.05, 0) is 37.3 Å². The van der Waals surface area contributed by atoms with Crippen molar-refractivity contribution >= 4 is 17.2 Å². The maximum Gasteiger partial charge on any atom is 0.217 e. The lowest BCUT2D eigenvalue weighted by molar-refractivity contribution is -0.119. The van der Waals surface area contributed by atoms with Crippen molar-refractivity contribution in [1.29, 1.82) is 0 Å². The number of thiophene rings is 1. The van der Waals surface area contributed by atoms with Crippen LogP contribution in [-0.2, 0) is 11.3 Å². The van der Waals surface area contributed by atoms with Crippen LogP contribution in [0.2, 0.25) is 0 Å². The Morgan fingerprint density at radius 2 is 2.15 bits per heavy atom. The van der Waals surface area contributed by atoms with Crippen LogP contribution in [0.15, 0.2) is 12.1 Å². The van der Waals surface area contributed by atoms with Gasteiger partial charge in [-0.2, -0.15) is 0 Å². The van der Waals surface area contributed by atoms with Gasteiger partial charge in [-0.25, -0.2) is 0 Å². The molecule has 1 aromatic heterocycles. The average Bonchev–Trinajstić information content (AvgIpc) is 3.09. The topological polar surface area (TPSA) is 32.3 Å². The van der Waals surface area contributed by atoms with Crippen LogP contribution in [0.5, 0.6) is 0 Å². The van der Waals surface area contributed by atoms with Gasteiger partial charge in [0.05, 0.1) is 0 Å². The van der Waals surface area contributed by atoms with Crippen molar-refractivity contribution in [1.82, 2.24) is 10.2 Å². The van der Waals surface area contributed by atoms with Crippen molar-refractivity contribution in [2.45, 2.75) is 57.5 Å². The molecule has 20 heavy (non-hydrogen) atoms. The third-order valence-electron chi connectivity index (χ3n) is 4.50. The van der Waals surface area contributed by atoms with Crippen LogP contribution in [0.4, 0.5) is 0 Å². The number of likely N-dealkylation sites (tertiary alicyclic amines) is 1. The zero-order valence-corrected chi connectivity index (χ0v) is 13.0. The highest BCUT2D eigenvalue weighted by Crippen LogP contribution is 2.37. The second-order valence-corrected chi connectivity index (χ2v) is 7.41. The second kappa shape index (κ2) is 6.27. The molecule has 2 fully saturated rings. The van der Waals surface area contributed by atoms with E-state index in [0.717, 1.165) is 32.0 Å². The molecule has 1 amide bonds. The van der Waals surface area contributed by atoms with E-state index in [1.807, 2.05) is 11.3 Å². The maximum absolute atomic E-state index is 11.1. The summed E-state index contributed by atoms with van der Waals surface area (Å²) in [5.41, 5.74) is 0. The van der Waals surface area contributed by atoms with Crippen molar-refractivity contribution < 1.29 is 4.79 Å². The summed E-state index contributed by atoms with van der Waals surface area (Å²) >= 11 is 2.00. The van der Waals surface area contributed by atoms with E-state index in [-0.39, 0.29) is 5.91 Å². The molecule has 0 radical (unpaired) electrons. The SMILES string of the molecule is CC(=O)N[C@@H]1CCN(Cc2ccc(C3CCCC3)s2)C1. The molecule has 1 aliphatic carbocycles. The smallest absolute Gasteiger partial charge is 0.217 e. The van der Waals surface area contributed by atoms with Crippen molar-refractivity contribution in [2.75, 3.05) is 13.1 Å². The lowest BCUT2D eigenvalue weighted by Crippen LogP contribution is -2.35. The average molecular weight is 292 g/mol. The van der Waals surface area contributed by atoms with Gasteiger partial charge in [0.25, 0.3) is 0 Å². The van der Waals surface area contributed by atoms with Crippen LogP contribution >= 0.6 is 11.3 Å². The molecule has 1 aliphatic heterocycles. The number of rotatable bonds is 4. The van der Waals surface area contributed by atoms with Crippen molar-refractivity contribution in [3.8, 4) is 0 Å². The summed E-state index contributed by atoms with van der Waals surface area (Å²) in [6.07, 6.45) is 6.66. The fourth-order valence-corrected chi connectivity index (χ4v) is 4.74. The van der Waals surface area contributed by atoms with Gasteiger partial charge in [0.15, 0.2) is 0 Å². The Bertz CT molecular complexity index is 465. The maximum atomic E-state index is 11.1. The molecule has 2 aliphatic rings. The monoisotopic (exact) mass is 292 g/mol. The van der Waals surface area contributed by atoms with Gasteiger partial charge in [-0.1, -0.05) is 12.8 Å². The van der Waals surface area contributed by atoms with Gasteiger partial charge in [0.1, 0.15) is 0 Å². The fourth-order valence-electron chi connectivity index (χ4n) is 3.51. The molecule has 0 aromatic carbocycles. The summed E-state index contributed by atoms with van der Waals surface area (Å²) in [6.45, 7) is 4.75. The Labute approximate surface area is 125 Å². The van der Waals surface area contributed by atoms with Gasteiger partial charge in [0.2, 0.25) is 5.91 Å². The van der Waals surface area contributed by atoms with Crippen LogP contribution < -0.4 is 5.32 Å². The minimum atomic E-state index is 0.0940. The van der Waals surface area contributed by atoms with Gasteiger partial charge in [0, 0.05) is 42.4 Å². The highest BCUT2D eigenvalue weighted by molar-refractivity contribution is 7.12. The molecule has 3 nitrogen and oxygen atoms in total. The molecule has 1 N–H and O–H groups in total. The summed E-state index contributed by atoms with van der Waals surface area (Å²) in [6, 6.07) is 5.00. The summed E-state index contributed by atoms with van der Waals surface area (Å²) < 4.78 is 0. The van der Waals surface area contributed by atoms with E-state index in [0.29, 0.717) is 6.04 Å². The van der Waals surface area contributed by atoms with Crippen LogP contribution in [-0.4, -0.2) is 29.9 Å². The molecular weight excluding hydrogens is 268 g/mol. The number of hydrogen-bond donors (Lipinski definition) is 1. The Morgan fingerprint density at radius 1 is 1.35 bits per heavy atom. The van der Waals surface area contributed by atoms with Crippen LogP contribution in [0.3, 0.4) is 0 Å². The van der Waals surface area contributed by atoms with E-state index in [9.17, 15) is 4.79 Å². The Kier molecular flexibility index (Phi) is 4.41. The van der Waals surface area contributed by atoms with Crippen LogP contribution in [0.25, 0.3) is 0 Å². The van der Waals surface area contributed by atoms with E-state index in [2.05, 4.69) is 22.3 Å². The van der Waals surface area contributed by atoms with Gasteiger partial charge in [-0.3, -0.25) is 9.69 Å². The fraction of sp³-hybridized carbons (Fsp3) is 0.688. The standard InChI is InChI=1S/C16H24N2OS/c1-12(19)17-14-8-9-18(10-14)11-15-6-7-16(20-15)13-4-2-3-5-13/h6-7,13-14H,2-5,8-11H2,1H3,(H,17,19)/t14-/m1/s1. The first-order chi connectivity index (χ1) is 9.70. The lowest BCUT2D eigenvalue weighted by atomic mass is 10.1. The third-order valence-corrected chi connectivity index (χ3v) is 5.73. The molecule has 4 heteroatoms. The molecule has 3 rings (SSSR count). The van der Waals surface area contributed by atoms with E-state index in [4.69, 9.17) is 0 Å². The molecule has 1 aromatic rings. The normalized spacial score (nSPS) is 24.4. The minimum absolute atomic E-state index is 0.0940. The Morgan fingerprint density at radius 3 is 2.90 bits per heavy atom. The molecule has 1 saturated heterocycles. The first-order valence-corrected chi connectivity index (χ1v) is 8.60. The Hall–Kier alpha value is -0.870. The molecule has 1 saturated carbocycles. The van der Waals surface area contributed by atoms with Crippen molar-refractivity contribution in [3.05, 3.63) is 21.9 Å². The summed E-state index contributed by atoms with van der Waals surface area (Å²) in [7, 11) is 0. The van der Waals surface area contributed by atoms with E-state index in [1.54, 1.807) is 11.8 Å². The van der Waals surface area contributed by atoms with E-state index < -0.39 is 0 Å². The molecule has 0 spiro atoms. The summed E-state index contributed by atoms with van der Waals surface area (Å²) in [4.78, 5) is 16.6. The zero-order chi connectivity index (χ0) is 13.9. The van der Waals surface area contributed by atoms with Crippen molar-refractivity contribution in [2.24, 2.45) is 0 Å². The predicted octanol–water partition coefficient (Wildman–Crippen LogP) is 3.12. The number of carbonyl (C=O) groups is 1. The number of nitrogens with one attached hydrogen (secondary N) is 1. The number of hydrogen-bond acceptors (Lipinski definition) is 3.